The first kappa shape index (κ1) is 15.4. The Hall–Kier alpha value is -2.15. The highest BCUT2D eigenvalue weighted by molar-refractivity contribution is 5.94. The van der Waals surface area contributed by atoms with Crippen molar-refractivity contribution in [1.29, 1.82) is 0 Å². The van der Waals surface area contributed by atoms with Gasteiger partial charge in [-0.25, -0.2) is 0 Å². The molecule has 0 saturated heterocycles. The molecule has 4 rings (SSSR count). The molecular formula is C17H22N4O3. The van der Waals surface area contributed by atoms with E-state index in [-0.39, 0.29) is 18.1 Å². The standard InChI is InChI=1S/C17H22N4O3/c1-9-6-13-14(10(2)23-9)20-21(3)15(13)17(22)18-7-12-8-19-24-16(12)11-4-5-11/h8-11H,4-7H2,1-3H3,(H,18,22)/t9-,10+/m1/s1. The second-order valence-electron chi connectivity index (χ2n) is 6.80. The first-order chi connectivity index (χ1) is 11.5. The quantitative estimate of drug-likeness (QED) is 0.929. The smallest absolute Gasteiger partial charge is 0.270 e. The molecule has 1 fully saturated rings. The number of carbonyl (C=O) groups is 1. The Labute approximate surface area is 140 Å². The Kier molecular flexibility index (Phi) is 3.68. The van der Waals surface area contributed by atoms with Crippen LogP contribution in [0.5, 0.6) is 0 Å². The van der Waals surface area contributed by atoms with Crippen LogP contribution in [0.3, 0.4) is 0 Å². The molecule has 24 heavy (non-hydrogen) atoms. The number of hydrogen-bond donors (Lipinski definition) is 1. The molecule has 0 unspecified atom stereocenters. The maximum Gasteiger partial charge on any atom is 0.270 e. The van der Waals surface area contributed by atoms with Gasteiger partial charge < -0.3 is 14.6 Å². The first-order valence-corrected chi connectivity index (χ1v) is 8.47. The van der Waals surface area contributed by atoms with Crippen molar-refractivity contribution in [2.45, 2.75) is 57.8 Å². The average Bonchev–Trinajstić information content (AvgIpc) is 3.17. The van der Waals surface area contributed by atoms with Gasteiger partial charge in [0.05, 0.1) is 24.1 Å². The largest absolute Gasteiger partial charge is 0.369 e. The zero-order chi connectivity index (χ0) is 16.8. The molecule has 1 aliphatic heterocycles. The molecular weight excluding hydrogens is 308 g/mol. The molecule has 2 aliphatic rings. The lowest BCUT2D eigenvalue weighted by atomic mass is 9.99. The maximum atomic E-state index is 12.7. The summed E-state index contributed by atoms with van der Waals surface area (Å²) in [7, 11) is 1.81. The molecule has 2 aromatic rings. The van der Waals surface area contributed by atoms with Gasteiger partial charge in [-0.15, -0.1) is 0 Å². The molecule has 1 N–H and O–H groups in total. The number of rotatable bonds is 4. The second-order valence-corrected chi connectivity index (χ2v) is 6.80. The number of aryl methyl sites for hydroxylation is 1. The molecule has 1 amide bonds. The van der Waals surface area contributed by atoms with Crippen molar-refractivity contribution in [3.63, 3.8) is 0 Å². The lowest BCUT2D eigenvalue weighted by Crippen LogP contribution is -2.28. The predicted molar refractivity (Wildman–Crippen MR) is 85.5 cm³/mol. The van der Waals surface area contributed by atoms with E-state index in [2.05, 4.69) is 15.6 Å². The molecule has 1 saturated carbocycles. The summed E-state index contributed by atoms with van der Waals surface area (Å²) in [6.45, 7) is 4.42. The van der Waals surface area contributed by atoms with E-state index >= 15 is 0 Å². The van der Waals surface area contributed by atoms with Gasteiger partial charge in [-0.1, -0.05) is 5.16 Å². The van der Waals surface area contributed by atoms with Crippen LogP contribution < -0.4 is 5.32 Å². The lowest BCUT2D eigenvalue weighted by Gasteiger charge is -2.24. The van der Waals surface area contributed by atoms with Gasteiger partial charge in [0.15, 0.2) is 0 Å². The molecule has 0 spiro atoms. The Morgan fingerprint density at radius 1 is 1.42 bits per heavy atom. The number of fused-ring (bicyclic) bond motifs is 1. The van der Waals surface area contributed by atoms with Gasteiger partial charge in [-0.2, -0.15) is 5.10 Å². The normalized spacial score (nSPS) is 23.1. The fraction of sp³-hybridized carbons (Fsp3) is 0.588. The Balaban J connectivity index is 1.53. The van der Waals surface area contributed by atoms with Gasteiger partial charge in [0.25, 0.3) is 5.91 Å². The zero-order valence-electron chi connectivity index (χ0n) is 14.2. The molecule has 7 nitrogen and oxygen atoms in total. The Morgan fingerprint density at radius 3 is 2.96 bits per heavy atom. The van der Waals surface area contributed by atoms with Crippen molar-refractivity contribution >= 4 is 5.91 Å². The number of amides is 1. The SMILES string of the molecule is C[C@@H]1Cc2c(nn(C)c2C(=O)NCc2cnoc2C2CC2)[C@H](C)O1. The van der Waals surface area contributed by atoms with E-state index in [9.17, 15) is 4.79 Å². The van der Waals surface area contributed by atoms with Crippen LogP contribution in [0.1, 0.15) is 71.8 Å². The van der Waals surface area contributed by atoms with Crippen molar-refractivity contribution in [3.05, 3.63) is 34.5 Å². The predicted octanol–water partition coefficient (Wildman–Crippen LogP) is 2.24. The summed E-state index contributed by atoms with van der Waals surface area (Å²) in [6, 6.07) is 0. The average molecular weight is 330 g/mol. The van der Waals surface area contributed by atoms with Crippen LogP contribution in [0.15, 0.2) is 10.7 Å². The molecule has 7 heteroatoms. The van der Waals surface area contributed by atoms with Gasteiger partial charge in [0.1, 0.15) is 11.5 Å². The Morgan fingerprint density at radius 2 is 2.21 bits per heavy atom. The summed E-state index contributed by atoms with van der Waals surface area (Å²) in [5.41, 5.74) is 3.45. The number of ether oxygens (including phenoxy) is 1. The van der Waals surface area contributed by atoms with Gasteiger partial charge in [-0.3, -0.25) is 9.48 Å². The summed E-state index contributed by atoms with van der Waals surface area (Å²) < 4.78 is 12.8. The lowest BCUT2D eigenvalue weighted by molar-refractivity contribution is -0.00710. The fourth-order valence-corrected chi connectivity index (χ4v) is 3.49. The van der Waals surface area contributed by atoms with Gasteiger partial charge in [-0.05, 0) is 26.7 Å². The van der Waals surface area contributed by atoms with Crippen molar-refractivity contribution in [1.82, 2.24) is 20.3 Å². The van der Waals surface area contributed by atoms with Crippen molar-refractivity contribution in [2.24, 2.45) is 7.05 Å². The van der Waals surface area contributed by atoms with Crippen molar-refractivity contribution in [2.75, 3.05) is 0 Å². The maximum absolute atomic E-state index is 12.7. The highest BCUT2D eigenvalue weighted by Gasteiger charge is 2.32. The van der Waals surface area contributed by atoms with E-state index in [1.54, 1.807) is 17.9 Å². The summed E-state index contributed by atoms with van der Waals surface area (Å²) in [5, 5.41) is 11.4. The van der Waals surface area contributed by atoms with Crippen LogP contribution in [0.2, 0.25) is 0 Å². The van der Waals surface area contributed by atoms with Gasteiger partial charge in [0.2, 0.25) is 0 Å². The van der Waals surface area contributed by atoms with E-state index in [4.69, 9.17) is 9.26 Å². The minimum atomic E-state index is -0.115. The summed E-state index contributed by atoms with van der Waals surface area (Å²) >= 11 is 0. The minimum absolute atomic E-state index is 0.0859. The van der Waals surface area contributed by atoms with Crippen LogP contribution in [0.4, 0.5) is 0 Å². The van der Waals surface area contributed by atoms with Gasteiger partial charge in [0, 0.05) is 37.1 Å². The highest BCUT2D eigenvalue weighted by Crippen LogP contribution is 2.41. The number of hydrogen-bond acceptors (Lipinski definition) is 5. The molecule has 2 atom stereocenters. The fourth-order valence-electron chi connectivity index (χ4n) is 3.49. The van der Waals surface area contributed by atoms with E-state index in [0.29, 0.717) is 24.6 Å². The second kappa shape index (κ2) is 5.73. The number of nitrogens with zero attached hydrogens (tertiary/aromatic N) is 3. The molecule has 128 valence electrons. The molecule has 0 radical (unpaired) electrons. The third kappa shape index (κ3) is 2.62. The van der Waals surface area contributed by atoms with Crippen LogP contribution in [0, 0.1) is 0 Å². The number of carbonyl (C=O) groups excluding carboxylic acids is 1. The summed E-state index contributed by atoms with van der Waals surface area (Å²) in [4.78, 5) is 12.7. The van der Waals surface area contributed by atoms with Crippen LogP contribution in [-0.2, 0) is 24.8 Å². The van der Waals surface area contributed by atoms with Crippen LogP contribution in [-0.4, -0.2) is 26.9 Å². The monoisotopic (exact) mass is 330 g/mol. The number of nitrogens with one attached hydrogen (secondary N) is 1. The van der Waals surface area contributed by atoms with Crippen LogP contribution in [0.25, 0.3) is 0 Å². The topological polar surface area (TPSA) is 82.2 Å². The molecule has 0 aromatic carbocycles. The zero-order valence-corrected chi connectivity index (χ0v) is 14.2. The molecule has 1 aliphatic carbocycles. The van der Waals surface area contributed by atoms with E-state index in [1.165, 1.54) is 0 Å². The number of aromatic nitrogens is 3. The van der Waals surface area contributed by atoms with Gasteiger partial charge >= 0.3 is 0 Å². The third-order valence-corrected chi connectivity index (χ3v) is 4.77. The van der Waals surface area contributed by atoms with Crippen LogP contribution >= 0.6 is 0 Å². The Bertz CT molecular complexity index is 775. The van der Waals surface area contributed by atoms with Crippen molar-refractivity contribution in [3.8, 4) is 0 Å². The highest BCUT2D eigenvalue weighted by atomic mass is 16.5. The van der Waals surface area contributed by atoms with Crippen molar-refractivity contribution < 1.29 is 14.1 Å². The molecule has 0 bridgehead atoms. The van der Waals surface area contributed by atoms with E-state index < -0.39 is 0 Å². The molecule has 3 heterocycles. The summed E-state index contributed by atoms with van der Waals surface area (Å²) in [6.07, 6.45) is 4.68. The first-order valence-electron chi connectivity index (χ1n) is 8.47. The third-order valence-electron chi connectivity index (χ3n) is 4.77. The van der Waals surface area contributed by atoms with E-state index in [1.807, 2.05) is 13.8 Å². The minimum Gasteiger partial charge on any atom is -0.369 e. The summed E-state index contributed by atoms with van der Waals surface area (Å²) in [5.74, 6) is 1.27. The van der Waals surface area contributed by atoms with E-state index in [0.717, 1.165) is 35.4 Å². The molecule has 2 aromatic heterocycles.